The first-order valence-corrected chi connectivity index (χ1v) is 4.51. The third kappa shape index (κ3) is 2.90. The van der Waals surface area contributed by atoms with E-state index in [4.69, 9.17) is 9.47 Å². The van der Waals surface area contributed by atoms with Crippen LogP contribution in [0.4, 0.5) is 0 Å². The summed E-state index contributed by atoms with van der Waals surface area (Å²) in [5.74, 6) is 1.31. The second kappa shape index (κ2) is 5.47. The number of rotatable bonds is 5. The molecule has 1 aromatic rings. The molecular formula is C10H16NO3+. The highest BCUT2D eigenvalue weighted by molar-refractivity contribution is 5.39. The van der Waals surface area contributed by atoms with Crippen LogP contribution < -0.4 is 15.2 Å². The molecule has 0 spiro atoms. The SMILES string of the molecule is COc1ccccc1OC[C@H](O)C[NH3+]. The minimum Gasteiger partial charge on any atom is -0.493 e. The van der Waals surface area contributed by atoms with E-state index in [0.29, 0.717) is 18.0 Å². The molecule has 0 saturated carbocycles. The molecule has 1 rings (SSSR count). The average molecular weight is 198 g/mol. The molecule has 0 aliphatic rings. The van der Waals surface area contributed by atoms with E-state index in [1.54, 1.807) is 13.2 Å². The van der Waals surface area contributed by atoms with Gasteiger partial charge >= 0.3 is 0 Å². The molecule has 78 valence electrons. The van der Waals surface area contributed by atoms with Gasteiger partial charge in [0.1, 0.15) is 19.3 Å². The second-order valence-electron chi connectivity index (χ2n) is 2.90. The van der Waals surface area contributed by atoms with Crippen molar-refractivity contribution in [2.24, 2.45) is 0 Å². The van der Waals surface area contributed by atoms with Gasteiger partial charge in [0.25, 0.3) is 0 Å². The Bertz CT molecular complexity index is 278. The number of ether oxygens (including phenoxy) is 2. The minimum absolute atomic E-state index is 0.240. The van der Waals surface area contributed by atoms with Gasteiger partial charge in [-0.2, -0.15) is 0 Å². The van der Waals surface area contributed by atoms with Gasteiger partial charge in [-0.1, -0.05) is 12.1 Å². The monoisotopic (exact) mass is 198 g/mol. The van der Waals surface area contributed by atoms with Gasteiger partial charge in [0.05, 0.1) is 7.11 Å². The Hall–Kier alpha value is -1.26. The Labute approximate surface area is 83.3 Å². The van der Waals surface area contributed by atoms with E-state index in [1.165, 1.54) is 0 Å². The third-order valence-electron chi connectivity index (χ3n) is 1.83. The molecule has 0 saturated heterocycles. The molecule has 0 aliphatic carbocycles. The molecule has 0 aromatic heterocycles. The summed E-state index contributed by atoms with van der Waals surface area (Å²) in [6.07, 6.45) is -0.528. The number of aliphatic hydroxyl groups excluding tert-OH is 1. The van der Waals surface area contributed by atoms with Gasteiger partial charge < -0.3 is 20.3 Å². The van der Waals surface area contributed by atoms with Gasteiger partial charge in [-0.05, 0) is 12.1 Å². The first-order valence-electron chi connectivity index (χ1n) is 4.51. The van der Waals surface area contributed by atoms with Gasteiger partial charge in [0, 0.05) is 0 Å². The predicted molar refractivity (Wildman–Crippen MR) is 52.3 cm³/mol. The molecule has 0 bridgehead atoms. The van der Waals surface area contributed by atoms with Crippen molar-refractivity contribution >= 4 is 0 Å². The molecule has 0 amide bonds. The van der Waals surface area contributed by atoms with E-state index in [2.05, 4.69) is 5.73 Å². The lowest BCUT2D eigenvalue weighted by Gasteiger charge is -2.11. The van der Waals surface area contributed by atoms with Crippen molar-refractivity contribution < 1.29 is 20.3 Å². The van der Waals surface area contributed by atoms with Gasteiger partial charge in [-0.25, -0.2) is 0 Å². The Morgan fingerprint density at radius 3 is 2.57 bits per heavy atom. The van der Waals surface area contributed by atoms with Gasteiger partial charge in [-0.15, -0.1) is 0 Å². The largest absolute Gasteiger partial charge is 0.493 e. The van der Waals surface area contributed by atoms with Crippen molar-refractivity contribution in [2.75, 3.05) is 20.3 Å². The quantitative estimate of drug-likeness (QED) is 0.681. The van der Waals surface area contributed by atoms with Crippen LogP contribution in [-0.2, 0) is 0 Å². The van der Waals surface area contributed by atoms with E-state index in [-0.39, 0.29) is 6.61 Å². The normalized spacial score (nSPS) is 12.2. The predicted octanol–water partition coefficient (Wildman–Crippen LogP) is -0.323. The van der Waals surface area contributed by atoms with Crippen LogP contribution in [0.1, 0.15) is 0 Å². The third-order valence-corrected chi connectivity index (χ3v) is 1.83. The summed E-state index contributed by atoms with van der Waals surface area (Å²) in [5, 5.41) is 9.25. The number of methoxy groups -OCH3 is 1. The van der Waals surface area contributed by atoms with E-state index in [9.17, 15) is 5.11 Å². The van der Waals surface area contributed by atoms with Crippen LogP contribution in [0.5, 0.6) is 11.5 Å². The highest BCUT2D eigenvalue weighted by Gasteiger charge is 2.07. The Kier molecular flexibility index (Phi) is 4.22. The van der Waals surface area contributed by atoms with Crippen LogP contribution in [-0.4, -0.2) is 31.5 Å². The first kappa shape index (κ1) is 10.8. The lowest BCUT2D eigenvalue weighted by Crippen LogP contribution is -2.56. The zero-order valence-electron chi connectivity index (χ0n) is 8.27. The van der Waals surface area contributed by atoms with Gasteiger partial charge in [0.2, 0.25) is 0 Å². The number of benzene rings is 1. The fourth-order valence-electron chi connectivity index (χ4n) is 1.01. The minimum atomic E-state index is -0.528. The van der Waals surface area contributed by atoms with Crippen LogP contribution >= 0.6 is 0 Å². The van der Waals surface area contributed by atoms with E-state index >= 15 is 0 Å². The van der Waals surface area contributed by atoms with Crippen LogP contribution in [0.15, 0.2) is 24.3 Å². The van der Waals surface area contributed by atoms with Crippen LogP contribution in [0.2, 0.25) is 0 Å². The molecular weight excluding hydrogens is 182 g/mol. The molecule has 0 radical (unpaired) electrons. The topological polar surface area (TPSA) is 66.3 Å². The number of hydrogen-bond donors (Lipinski definition) is 2. The highest BCUT2D eigenvalue weighted by Crippen LogP contribution is 2.25. The maximum absolute atomic E-state index is 9.25. The average Bonchev–Trinajstić information content (AvgIpc) is 2.26. The number of aliphatic hydroxyl groups is 1. The molecule has 14 heavy (non-hydrogen) atoms. The highest BCUT2D eigenvalue weighted by atomic mass is 16.5. The molecule has 4 N–H and O–H groups in total. The number of quaternary nitrogens is 1. The molecule has 1 atom stereocenters. The van der Waals surface area contributed by atoms with Crippen LogP contribution in [0.3, 0.4) is 0 Å². The van der Waals surface area contributed by atoms with Gasteiger partial charge in [0.15, 0.2) is 11.5 Å². The maximum Gasteiger partial charge on any atom is 0.161 e. The van der Waals surface area contributed by atoms with E-state index in [0.717, 1.165) is 0 Å². The second-order valence-corrected chi connectivity index (χ2v) is 2.90. The summed E-state index contributed by atoms with van der Waals surface area (Å²) >= 11 is 0. The molecule has 0 unspecified atom stereocenters. The van der Waals surface area contributed by atoms with Crippen molar-refractivity contribution in [3.8, 4) is 11.5 Å². The summed E-state index contributed by atoms with van der Waals surface area (Å²) in [6.45, 7) is 0.680. The standard InChI is InChI=1S/C10H15NO3/c1-13-9-4-2-3-5-10(9)14-7-8(12)6-11/h2-5,8,12H,6-7,11H2,1H3/p+1/t8-/m1/s1. The van der Waals surface area contributed by atoms with Crippen molar-refractivity contribution in [3.05, 3.63) is 24.3 Å². The zero-order chi connectivity index (χ0) is 10.4. The molecule has 4 heteroatoms. The molecule has 1 aromatic carbocycles. The van der Waals surface area contributed by atoms with E-state index < -0.39 is 6.10 Å². The number of hydrogen-bond acceptors (Lipinski definition) is 3. The van der Waals surface area contributed by atoms with E-state index in [1.807, 2.05) is 18.2 Å². The van der Waals surface area contributed by atoms with Crippen LogP contribution in [0, 0.1) is 0 Å². The molecule has 4 nitrogen and oxygen atoms in total. The summed E-state index contributed by atoms with van der Waals surface area (Å²) in [6, 6.07) is 7.33. The summed E-state index contributed by atoms with van der Waals surface area (Å²) in [4.78, 5) is 0. The van der Waals surface area contributed by atoms with Crippen LogP contribution in [0.25, 0.3) is 0 Å². The first-order chi connectivity index (χ1) is 6.77. The molecule has 0 heterocycles. The number of para-hydroxylation sites is 2. The summed E-state index contributed by atoms with van der Waals surface area (Å²) in [5.41, 5.74) is 3.58. The lowest BCUT2D eigenvalue weighted by atomic mass is 10.3. The van der Waals surface area contributed by atoms with Gasteiger partial charge in [-0.3, -0.25) is 0 Å². The molecule has 0 fully saturated rings. The fourth-order valence-corrected chi connectivity index (χ4v) is 1.01. The maximum atomic E-state index is 9.25. The fraction of sp³-hybridized carbons (Fsp3) is 0.400. The summed E-state index contributed by atoms with van der Waals surface area (Å²) < 4.78 is 10.5. The Balaban J connectivity index is 2.57. The smallest absolute Gasteiger partial charge is 0.161 e. The Morgan fingerprint density at radius 2 is 2.00 bits per heavy atom. The molecule has 0 aliphatic heterocycles. The zero-order valence-corrected chi connectivity index (χ0v) is 8.27. The van der Waals surface area contributed by atoms with Crippen molar-refractivity contribution in [2.45, 2.75) is 6.10 Å². The van der Waals surface area contributed by atoms with Crippen molar-refractivity contribution in [1.29, 1.82) is 0 Å². The Morgan fingerprint density at radius 1 is 1.36 bits per heavy atom. The lowest BCUT2D eigenvalue weighted by molar-refractivity contribution is -0.384. The van der Waals surface area contributed by atoms with Crippen molar-refractivity contribution in [1.82, 2.24) is 0 Å². The van der Waals surface area contributed by atoms with Crippen molar-refractivity contribution in [3.63, 3.8) is 0 Å². The summed E-state index contributed by atoms with van der Waals surface area (Å²) in [7, 11) is 1.58.